The summed E-state index contributed by atoms with van der Waals surface area (Å²) >= 11 is 0. The van der Waals surface area contributed by atoms with Crippen molar-refractivity contribution in [3.8, 4) is 11.3 Å². The molecule has 0 radical (unpaired) electrons. The molecule has 2 aromatic heterocycles. The highest BCUT2D eigenvalue weighted by molar-refractivity contribution is 5.59. The van der Waals surface area contributed by atoms with Gasteiger partial charge in [0.25, 0.3) is 5.56 Å². The molecule has 0 amide bonds. The second-order valence-corrected chi connectivity index (χ2v) is 7.38. The molecule has 0 aliphatic carbocycles. The molecule has 0 bridgehead atoms. The molecule has 1 saturated heterocycles. The van der Waals surface area contributed by atoms with Crippen LogP contribution in [0.1, 0.15) is 46.0 Å². The molecular formula is C21H30N4O2. The van der Waals surface area contributed by atoms with Crippen molar-refractivity contribution in [2.45, 2.75) is 51.6 Å². The number of nitrogens with zero attached hydrogens (tertiary/aromatic N) is 4. The predicted octanol–water partition coefficient (Wildman–Crippen LogP) is 3.41. The molecule has 1 aliphatic rings. The van der Waals surface area contributed by atoms with E-state index in [1.54, 1.807) is 30.1 Å². The summed E-state index contributed by atoms with van der Waals surface area (Å²) < 4.78 is 7.93. The average molecular weight is 370 g/mol. The molecule has 3 rings (SSSR count). The normalized spacial score (nSPS) is 20.0. The molecule has 6 heteroatoms. The van der Waals surface area contributed by atoms with E-state index in [1.807, 2.05) is 12.1 Å². The number of anilines is 1. The van der Waals surface area contributed by atoms with Gasteiger partial charge in [0, 0.05) is 44.2 Å². The summed E-state index contributed by atoms with van der Waals surface area (Å²) in [6.07, 6.45) is 8.91. The zero-order chi connectivity index (χ0) is 19.3. The third-order valence-electron chi connectivity index (χ3n) is 5.31. The maximum Gasteiger partial charge on any atom is 0.255 e. The van der Waals surface area contributed by atoms with Gasteiger partial charge in [0.15, 0.2) is 0 Å². The Morgan fingerprint density at radius 3 is 2.67 bits per heavy atom. The molecule has 1 unspecified atom stereocenters. The summed E-state index contributed by atoms with van der Waals surface area (Å²) in [7, 11) is 1.80. The van der Waals surface area contributed by atoms with Gasteiger partial charge in [-0.25, -0.2) is 4.98 Å². The zero-order valence-corrected chi connectivity index (χ0v) is 16.6. The summed E-state index contributed by atoms with van der Waals surface area (Å²) in [5, 5.41) is 0. The average Bonchev–Trinajstić information content (AvgIpc) is 2.69. The van der Waals surface area contributed by atoms with Gasteiger partial charge in [0.2, 0.25) is 5.95 Å². The fraction of sp³-hybridized carbons (Fsp3) is 0.571. The molecule has 146 valence electrons. The minimum atomic E-state index is -0.145. The van der Waals surface area contributed by atoms with E-state index in [1.165, 1.54) is 0 Å². The van der Waals surface area contributed by atoms with Crippen molar-refractivity contribution in [3.05, 3.63) is 40.9 Å². The van der Waals surface area contributed by atoms with Crippen LogP contribution >= 0.6 is 0 Å². The van der Waals surface area contributed by atoms with E-state index in [0.717, 1.165) is 56.7 Å². The van der Waals surface area contributed by atoms with Crippen LogP contribution in [0.25, 0.3) is 11.3 Å². The third kappa shape index (κ3) is 4.38. The van der Waals surface area contributed by atoms with Crippen molar-refractivity contribution in [1.82, 2.24) is 14.5 Å². The molecular weight excluding hydrogens is 340 g/mol. The first-order valence-electron chi connectivity index (χ1n) is 9.96. The largest absolute Gasteiger partial charge is 0.371 e. The first kappa shape index (κ1) is 19.5. The van der Waals surface area contributed by atoms with Gasteiger partial charge in [-0.15, -0.1) is 0 Å². The van der Waals surface area contributed by atoms with Crippen LogP contribution in [0.4, 0.5) is 5.95 Å². The minimum Gasteiger partial charge on any atom is -0.371 e. The standard InChI is InChI=1S/C21H30N4O2/c1-4-6-10-21(9-5-2)16-25(13-14-27-21)20-23-18(15-19(26)24(20)3)17-7-11-22-12-8-17/h7-8,11-12,15H,4-6,9-10,13-14,16H2,1-3H3. The number of aromatic nitrogens is 3. The van der Waals surface area contributed by atoms with E-state index in [4.69, 9.17) is 9.72 Å². The third-order valence-corrected chi connectivity index (χ3v) is 5.31. The van der Waals surface area contributed by atoms with E-state index in [0.29, 0.717) is 12.3 Å². The van der Waals surface area contributed by atoms with Gasteiger partial charge in [-0.2, -0.15) is 0 Å². The number of rotatable bonds is 7. The van der Waals surface area contributed by atoms with Gasteiger partial charge in [0.1, 0.15) is 0 Å². The Labute approximate surface area is 161 Å². The van der Waals surface area contributed by atoms with Crippen LogP contribution in [0.15, 0.2) is 35.4 Å². The Kier molecular flexibility index (Phi) is 6.26. The molecule has 3 heterocycles. The number of unbranched alkanes of at least 4 members (excludes halogenated alkanes) is 1. The predicted molar refractivity (Wildman–Crippen MR) is 108 cm³/mol. The van der Waals surface area contributed by atoms with E-state index < -0.39 is 0 Å². The van der Waals surface area contributed by atoms with E-state index >= 15 is 0 Å². The van der Waals surface area contributed by atoms with Crippen LogP contribution < -0.4 is 10.5 Å². The van der Waals surface area contributed by atoms with Crippen LogP contribution in [0.2, 0.25) is 0 Å². The van der Waals surface area contributed by atoms with Crippen LogP contribution in [0.5, 0.6) is 0 Å². The lowest BCUT2D eigenvalue weighted by Crippen LogP contribution is -2.53. The first-order valence-corrected chi connectivity index (χ1v) is 9.96. The molecule has 0 saturated carbocycles. The molecule has 6 nitrogen and oxygen atoms in total. The molecule has 1 aliphatic heterocycles. The van der Waals surface area contributed by atoms with Crippen LogP contribution in [0.3, 0.4) is 0 Å². The molecule has 27 heavy (non-hydrogen) atoms. The maximum absolute atomic E-state index is 12.6. The molecule has 0 spiro atoms. The Balaban J connectivity index is 1.95. The van der Waals surface area contributed by atoms with E-state index in [-0.39, 0.29) is 11.2 Å². The first-order chi connectivity index (χ1) is 13.1. The Hall–Kier alpha value is -2.21. The Morgan fingerprint density at radius 1 is 1.19 bits per heavy atom. The number of pyridine rings is 1. The second kappa shape index (κ2) is 8.65. The number of hydrogen-bond acceptors (Lipinski definition) is 5. The highest BCUT2D eigenvalue weighted by Crippen LogP contribution is 2.31. The molecule has 0 aromatic carbocycles. The summed E-state index contributed by atoms with van der Waals surface area (Å²) in [6, 6.07) is 5.36. The van der Waals surface area contributed by atoms with Crippen molar-refractivity contribution in [3.63, 3.8) is 0 Å². The lowest BCUT2D eigenvalue weighted by atomic mass is 9.89. The van der Waals surface area contributed by atoms with Crippen LogP contribution in [-0.2, 0) is 11.8 Å². The Morgan fingerprint density at radius 2 is 1.96 bits per heavy atom. The molecule has 1 fully saturated rings. The topological polar surface area (TPSA) is 60.2 Å². The van der Waals surface area contributed by atoms with E-state index in [2.05, 4.69) is 23.7 Å². The summed E-state index contributed by atoms with van der Waals surface area (Å²) in [5.41, 5.74) is 1.40. The number of morpholine rings is 1. The van der Waals surface area contributed by atoms with E-state index in [9.17, 15) is 4.79 Å². The molecule has 2 aromatic rings. The van der Waals surface area contributed by atoms with Gasteiger partial charge >= 0.3 is 0 Å². The van der Waals surface area contributed by atoms with Gasteiger partial charge in [-0.3, -0.25) is 14.3 Å². The molecule has 1 atom stereocenters. The fourth-order valence-corrected chi connectivity index (χ4v) is 3.88. The van der Waals surface area contributed by atoms with Crippen molar-refractivity contribution in [2.24, 2.45) is 7.05 Å². The second-order valence-electron chi connectivity index (χ2n) is 7.38. The van der Waals surface area contributed by atoms with Gasteiger partial charge in [-0.05, 0) is 25.0 Å². The van der Waals surface area contributed by atoms with Crippen molar-refractivity contribution in [1.29, 1.82) is 0 Å². The van der Waals surface area contributed by atoms with Gasteiger partial charge in [0.05, 0.1) is 17.9 Å². The van der Waals surface area contributed by atoms with Crippen LogP contribution in [-0.4, -0.2) is 39.8 Å². The Bertz CT molecular complexity index is 802. The SMILES string of the molecule is CCCCC1(CCC)CN(c2nc(-c3ccncc3)cc(=O)n2C)CCO1. The summed E-state index contributed by atoms with van der Waals surface area (Å²) in [5.74, 6) is 0.717. The maximum atomic E-state index is 12.6. The van der Waals surface area contributed by atoms with Crippen molar-refractivity contribution >= 4 is 5.95 Å². The lowest BCUT2D eigenvalue weighted by Gasteiger charge is -2.43. The van der Waals surface area contributed by atoms with Crippen LogP contribution in [0, 0.1) is 0 Å². The minimum absolute atomic E-state index is 0.0482. The lowest BCUT2D eigenvalue weighted by molar-refractivity contribution is -0.0688. The zero-order valence-electron chi connectivity index (χ0n) is 16.6. The molecule has 0 N–H and O–H groups in total. The number of hydrogen-bond donors (Lipinski definition) is 0. The van der Waals surface area contributed by atoms with Crippen molar-refractivity contribution in [2.75, 3.05) is 24.6 Å². The fourth-order valence-electron chi connectivity index (χ4n) is 3.88. The summed E-state index contributed by atoms with van der Waals surface area (Å²) in [4.78, 5) is 23.7. The quantitative estimate of drug-likeness (QED) is 0.747. The number of ether oxygens (including phenoxy) is 1. The smallest absolute Gasteiger partial charge is 0.255 e. The van der Waals surface area contributed by atoms with Gasteiger partial charge < -0.3 is 9.64 Å². The highest BCUT2D eigenvalue weighted by atomic mass is 16.5. The monoisotopic (exact) mass is 370 g/mol. The summed E-state index contributed by atoms with van der Waals surface area (Å²) in [6.45, 7) is 6.61. The van der Waals surface area contributed by atoms with Crippen molar-refractivity contribution < 1.29 is 4.74 Å². The highest BCUT2D eigenvalue weighted by Gasteiger charge is 2.36. The van der Waals surface area contributed by atoms with Gasteiger partial charge in [-0.1, -0.05) is 33.1 Å².